The molecule has 0 aliphatic carbocycles. The summed E-state index contributed by atoms with van der Waals surface area (Å²) in [5.74, 6) is 0.406. The van der Waals surface area contributed by atoms with Gasteiger partial charge >= 0.3 is 5.97 Å². The number of anilines is 1. The van der Waals surface area contributed by atoms with Gasteiger partial charge in [0.1, 0.15) is 16.7 Å². The molecule has 0 radical (unpaired) electrons. The van der Waals surface area contributed by atoms with Crippen LogP contribution in [-0.2, 0) is 28.5 Å². The highest BCUT2D eigenvalue weighted by Gasteiger charge is 2.44. The summed E-state index contributed by atoms with van der Waals surface area (Å²) in [4.78, 5) is 22.2. The first-order chi connectivity index (χ1) is 17.2. The minimum atomic E-state index is -0.300. The van der Waals surface area contributed by atoms with Gasteiger partial charge in [0.2, 0.25) is 0 Å². The van der Waals surface area contributed by atoms with Crippen molar-refractivity contribution >= 4 is 29.1 Å². The summed E-state index contributed by atoms with van der Waals surface area (Å²) in [6.07, 6.45) is 10.0. The topological polar surface area (TPSA) is 42.4 Å². The van der Waals surface area contributed by atoms with Gasteiger partial charge in [-0.2, -0.15) is 0 Å². The number of aromatic nitrogens is 1. The van der Waals surface area contributed by atoms with Gasteiger partial charge in [0.15, 0.2) is 0 Å². The van der Waals surface area contributed by atoms with E-state index >= 15 is 0 Å². The van der Waals surface area contributed by atoms with E-state index in [1.54, 1.807) is 11.3 Å². The number of fused-ring (bicyclic) bond motifs is 2. The van der Waals surface area contributed by atoms with Crippen LogP contribution >= 0.6 is 11.3 Å². The van der Waals surface area contributed by atoms with Crippen molar-refractivity contribution in [1.29, 1.82) is 0 Å². The molecular weight excluding hydrogens is 464 g/mol. The van der Waals surface area contributed by atoms with Crippen LogP contribution in [-0.4, -0.2) is 24.0 Å². The first-order valence-corrected chi connectivity index (χ1v) is 14.3. The molecule has 0 N–H and O–H groups in total. The number of carbonyl (C=O) groups is 1. The molecule has 194 valence electrons. The van der Waals surface area contributed by atoms with Crippen molar-refractivity contribution in [2.24, 2.45) is 0 Å². The van der Waals surface area contributed by atoms with Crippen LogP contribution in [0.2, 0.25) is 0 Å². The molecule has 4 heterocycles. The molecule has 1 aromatic heterocycles. The van der Waals surface area contributed by atoms with E-state index in [2.05, 4.69) is 77.8 Å². The average molecular weight is 507 g/mol. The maximum absolute atomic E-state index is 13.6. The van der Waals surface area contributed by atoms with Crippen molar-refractivity contribution in [1.82, 2.24) is 4.98 Å². The van der Waals surface area contributed by atoms with E-state index in [1.165, 1.54) is 27.3 Å². The number of hydrogen-bond donors (Lipinski definition) is 0. The molecule has 0 spiro atoms. The maximum Gasteiger partial charge on any atom is 0.321 e. The zero-order valence-electron chi connectivity index (χ0n) is 23.0. The van der Waals surface area contributed by atoms with Crippen molar-refractivity contribution in [3.8, 4) is 5.75 Å². The number of allylic oxidation sites excluding steroid dienone is 1. The summed E-state index contributed by atoms with van der Waals surface area (Å²) >= 11 is 1.66. The van der Waals surface area contributed by atoms with E-state index in [1.807, 2.05) is 0 Å². The Morgan fingerprint density at radius 3 is 2.53 bits per heavy atom. The zero-order chi connectivity index (χ0) is 26.3. The fourth-order valence-electron chi connectivity index (χ4n) is 5.86. The van der Waals surface area contributed by atoms with Gasteiger partial charge in [0.25, 0.3) is 0 Å². The van der Waals surface area contributed by atoms with Crippen LogP contribution in [0.4, 0.5) is 5.69 Å². The van der Waals surface area contributed by atoms with E-state index in [0.717, 1.165) is 68.1 Å². The second kappa shape index (κ2) is 10.2. The normalized spacial score (nSPS) is 21.7. The van der Waals surface area contributed by atoms with E-state index < -0.39 is 0 Å². The highest BCUT2D eigenvalue weighted by Crippen LogP contribution is 2.54. The largest absolute Gasteiger partial charge is 0.425 e. The molecule has 1 unspecified atom stereocenters. The predicted octanol–water partition coefficient (Wildman–Crippen LogP) is 7.74. The monoisotopic (exact) mass is 506 g/mol. The zero-order valence-corrected chi connectivity index (χ0v) is 23.8. The summed E-state index contributed by atoms with van der Waals surface area (Å²) in [5, 5.41) is 0.907. The quantitative estimate of drug-likeness (QED) is 0.242. The Morgan fingerprint density at radius 2 is 1.86 bits per heavy atom. The number of hydrogen-bond acceptors (Lipinski definition) is 5. The van der Waals surface area contributed by atoms with Gasteiger partial charge < -0.3 is 9.64 Å². The standard InChI is InChI=1S/C29H38N2O2S.C2H4/c1-7-9-10-22-21(8-2)30-26(34-22)19-12-11-18-17-20-24-23(25(18)33-27(19)32)29(5,6)14-16-31(24)15-13-28(20,3)4;1-2/h9-10,17,19H,7-8,11-16H2,1-6H3;1-2H2/b10-9-;. The number of carbonyl (C=O) groups excluding carboxylic acids is 1. The van der Waals surface area contributed by atoms with Gasteiger partial charge in [-0.25, -0.2) is 4.98 Å². The number of thiazole rings is 1. The predicted molar refractivity (Wildman–Crippen MR) is 153 cm³/mol. The third-order valence-electron chi connectivity index (χ3n) is 8.14. The van der Waals surface area contributed by atoms with Crippen molar-refractivity contribution < 1.29 is 9.53 Å². The number of aryl methyl sites for hydroxylation is 2. The molecular formula is C31H42N2O2S. The number of ether oxygens (including phenoxy) is 1. The fraction of sp³-hybridized carbons (Fsp3) is 0.548. The Kier molecular flexibility index (Phi) is 7.52. The van der Waals surface area contributed by atoms with Crippen molar-refractivity contribution in [2.45, 2.75) is 96.8 Å². The lowest BCUT2D eigenvalue weighted by atomic mass is 9.68. The third-order valence-corrected chi connectivity index (χ3v) is 9.31. The van der Waals surface area contributed by atoms with Gasteiger partial charge in [0.05, 0.1) is 10.6 Å². The van der Waals surface area contributed by atoms with Gasteiger partial charge in [-0.15, -0.1) is 24.5 Å². The van der Waals surface area contributed by atoms with Gasteiger partial charge in [-0.1, -0.05) is 47.6 Å². The van der Waals surface area contributed by atoms with Crippen LogP contribution in [0.25, 0.3) is 6.08 Å². The second-order valence-electron chi connectivity index (χ2n) is 11.4. The summed E-state index contributed by atoms with van der Waals surface area (Å²) < 4.78 is 6.34. The highest BCUT2D eigenvalue weighted by atomic mass is 32.1. The summed E-state index contributed by atoms with van der Waals surface area (Å²) in [7, 11) is 0. The number of esters is 1. The van der Waals surface area contributed by atoms with Crippen LogP contribution in [0.3, 0.4) is 0 Å². The van der Waals surface area contributed by atoms with E-state index in [0.29, 0.717) is 0 Å². The minimum absolute atomic E-state index is 0.0197. The van der Waals surface area contributed by atoms with Crippen molar-refractivity contribution in [3.63, 3.8) is 0 Å². The number of benzene rings is 1. The lowest BCUT2D eigenvalue weighted by Gasteiger charge is -2.48. The average Bonchev–Trinajstić information content (AvgIpc) is 3.18. The highest BCUT2D eigenvalue weighted by molar-refractivity contribution is 7.12. The first-order valence-electron chi connectivity index (χ1n) is 13.5. The van der Waals surface area contributed by atoms with Crippen LogP contribution in [0, 0.1) is 0 Å². The number of rotatable bonds is 4. The Bertz CT molecular complexity index is 1170. The molecule has 0 saturated heterocycles. The molecule has 1 atom stereocenters. The van der Waals surface area contributed by atoms with Crippen LogP contribution in [0.1, 0.15) is 105 Å². The number of nitrogens with zero attached hydrogens (tertiary/aromatic N) is 2. The summed E-state index contributed by atoms with van der Waals surface area (Å²) in [6, 6.07) is 2.37. The second-order valence-corrected chi connectivity index (χ2v) is 12.5. The molecule has 0 amide bonds. The Labute approximate surface area is 221 Å². The lowest BCUT2D eigenvalue weighted by molar-refractivity contribution is -0.136. The Morgan fingerprint density at radius 1 is 1.17 bits per heavy atom. The molecule has 0 saturated carbocycles. The molecule has 3 aliphatic rings. The summed E-state index contributed by atoms with van der Waals surface area (Å²) in [5.41, 5.74) is 6.43. The Balaban J connectivity index is 0.00000148. The first kappa shape index (κ1) is 26.7. The van der Waals surface area contributed by atoms with Crippen LogP contribution < -0.4 is 9.64 Å². The van der Waals surface area contributed by atoms with Crippen LogP contribution in [0.5, 0.6) is 5.75 Å². The molecule has 1 aromatic carbocycles. The molecule has 5 heteroatoms. The van der Waals surface area contributed by atoms with Crippen molar-refractivity contribution in [3.05, 3.63) is 57.6 Å². The van der Waals surface area contributed by atoms with Gasteiger partial charge in [0, 0.05) is 24.3 Å². The molecule has 3 aliphatic heterocycles. The summed E-state index contributed by atoms with van der Waals surface area (Å²) in [6.45, 7) is 21.8. The van der Waals surface area contributed by atoms with Gasteiger partial charge in [-0.05, 0) is 72.6 Å². The molecule has 0 fully saturated rings. The van der Waals surface area contributed by atoms with Gasteiger partial charge in [-0.3, -0.25) is 4.79 Å². The molecule has 4 nitrogen and oxygen atoms in total. The smallest absolute Gasteiger partial charge is 0.321 e. The van der Waals surface area contributed by atoms with E-state index in [4.69, 9.17) is 9.72 Å². The van der Waals surface area contributed by atoms with E-state index in [9.17, 15) is 4.79 Å². The lowest BCUT2D eigenvalue weighted by Crippen LogP contribution is -2.45. The maximum atomic E-state index is 13.6. The SMILES string of the molecule is C=C.CC/C=C\c1sc(C2CCc3cc4c5c(c3OC2=O)C(C)(C)CCN5CCC4(C)C)nc1CC. The minimum Gasteiger partial charge on any atom is -0.425 e. The third kappa shape index (κ3) is 4.55. The fourth-order valence-corrected chi connectivity index (χ4v) is 7.07. The van der Waals surface area contributed by atoms with E-state index in [-0.39, 0.29) is 22.7 Å². The molecule has 0 bridgehead atoms. The molecule has 5 rings (SSSR count). The van der Waals surface area contributed by atoms with Crippen molar-refractivity contribution in [2.75, 3.05) is 18.0 Å². The Hall–Kier alpha value is -2.40. The molecule has 2 aromatic rings. The molecule has 36 heavy (non-hydrogen) atoms. The van der Waals surface area contributed by atoms with Crippen LogP contribution in [0.15, 0.2) is 25.3 Å².